The summed E-state index contributed by atoms with van der Waals surface area (Å²) in [4.78, 5) is 0.344. The summed E-state index contributed by atoms with van der Waals surface area (Å²) in [5.41, 5.74) is 0.896. The number of anilines is 1. The van der Waals surface area contributed by atoms with Crippen LogP contribution in [0.1, 0.15) is 26.7 Å². The smallest absolute Gasteiger partial charge is 0.175 e. The van der Waals surface area contributed by atoms with E-state index in [2.05, 4.69) is 19.2 Å². The van der Waals surface area contributed by atoms with E-state index in [0.29, 0.717) is 4.90 Å². The van der Waals surface area contributed by atoms with Gasteiger partial charge in [0.25, 0.3) is 0 Å². The van der Waals surface area contributed by atoms with Gasteiger partial charge >= 0.3 is 0 Å². The number of benzene rings is 1. The molecule has 0 spiro atoms. The Morgan fingerprint density at radius 3 is 2.42 bits per heavy atom. The number of ether oxygens (including phenoxy) is 1. The summed E-state index contributed by atoms with van der Waals surface area (Å²) in [7, 11) is -3.12. The van der Waals surface area contributed by atoms with Crippen molar-refractivity contribution in [2.75, 3.05) is 18.1 Å². The second-order valence-electron chi connectivity index (χ2n) is 5.72. The standard InChI is InChI=1S/C14H21NO3S/c1-14(2)9-8-12(18-14)10-15-11-4-6-13(7-5-11)19(3,16)17/h4-7,12,15H,8-10H2,1-3H3. The Kier molecular flexibility index (Phi) is 3.87. The lowest BCUT2D eigenvalue weighted by atomic mass is 10.1. The fourth-order valence-corrected chi connectivity index (χ4v) is 2.90. The first-order valence-electron chi connectivity index (χ1n) is 6.48. The summed E-state index contributed by atoms with van der Waals surface area (Å²) in [6, 6.07) is 6.82. The van der Waals surface area contributed by atoms with Crippen molar-refractivity contribution in [2.24, 2.45) is 0 Å². The van der Waals surface area contributed by atoms with Crippen molar-refractivity contribution in [1.82, 2.24) is 0 Å². The molecule has 0 amide bonds. The Labute approximate surface area is 115 Å². The van der Waals surface area contributed by atoms with Gasteiger partial charge in [-0.05, 0) is 51.0 Å². The van der Waals surface area contributed by atoms with E-state index in [-0.39, 0.29) is 11.7 Å². The molecule has 0 bridgehead atoms. The molecule has 1 heterocycles. The average Bonchev–Trinajstić information content (AvgIpc) is 2.66. The summed E-state index contributed by atoms with van der Waals surface area (Å²) in [6.07, 6.45) is 3.57. The maximum Gasteiger partial charge on any atom is 0.175 e. The monoisotopic (exact) mass is 283 g/mol. The minimum atomic E-state index is -3.12. The molecule has 5 heteroatoms. The third-order valence-corrected chi connectivity index (χ3v) is 4.50. The van der Waals surface area contributed by atoms with E-state index in [9.17, 15) is 8.42 Å². The molecule has 2 rings (SSSR count). The predicted molar refractivity (Wildman–Crippen MR) is 76.2 cm³/mol. The molecule has 1 saturated heterocycles. The molecule has 19 heavy (non-hydrogen) atoms. The molecule has 4 nitrogen and oxygen atoms in total. The zero-order valence-electron chi connectivity index (χ0n) is 11.6. The van der Waals surface area contributed by atoms with Crippen LogP contribution in [0.4, 0.5) is 5.69 Å². The third kappa shape index (κ3) is 3.94. The van der Waals surface area contributed by atoms with Crippen LogP contribution in [0.3, 0.4) is 0 Å². The van der Waals surface area contributed by atoms with Crippen LogP contribution >= 0.6 is 0 Å². The number of rotatable bonds is 4. The van der Waals surface area contributed by atoms with Crippen molar-refractivity contribution in [1.29, 1.82) is 0 Å². The lowest BCUT2D eigenvalue weighted by Crippen LogP contribution is -2.24. The zero-order valence-corrected chi connectivity index (χ0v) is 12.5. The van der Waals surface area contributed by atoms with Gasteiger partial charge in [-0.15, -0.1) is 0 Å². The molecule has 1 aliphatic heterocycles. The van der Waals surface area contributed by atoms with E-state index in [1.165, 1.54) is 6.26 Å². The van der Waals surface area contributed by atoms with Gasteiger partial charge in [0.15, 0.2) is 9.84 Å². The molecular formula is C14H21NO3S. The Hall–Kier alpha value is -1.07. The second-order valence-corrected chi connectivity index (χ2v) is 7.73. The summed E-state index contributed by atoms with van der Waals surface area (Å²) in [5.74, 6) is 0. The molecule has 1 aliphatic rings. The SMILES string of the molecule is CC1(C)CCC(CNc2ccc(S(C)(=O)=O)cc2)O1. The quantitative estimate of drug-likeness (QED) is 0.922. The molecule has 1 aromatic carbocycles. The van der Waals surface area contributed by atoms with Gasteiger partial charge in [0.2, 0.25) is 0 Å². The molecule has 0 aliphatic carbocycles. The summed E-state index contributed by atoms with van der Waals surface area (Å²) in [5, 5.41) is 3.28. The molecule has 0 aromatic heterocycles. The van der Waals surface area contributed by atoms with Crippen molar-refractivity contribution in [3.05, 3.63) is 24.3 Å². The van der Waals surface area contributed by atoms with Gasteiger partial charge in [-0.25, -0.2) is 8.42 Å². The normalized spacial score (nSPS) is 22.4. The molecular weight excluding hydrogens is 262 g/mol. The highest BCUT2D eigenvalue weighted by Crippen LogP contribution is 2.29. The van der Waals surface area contributed by atoms with Crippen molar-refractivity contribution in [3.8, 4) is 0 Å². The molecule has 1 aromatic rings. The van der Waals surface area contributed by atoms with Gasteiger partial charge in [-0.1, -0.05) is 0 Å². The summed E-state index contributed by atoms with van der Waals surface area (Å²) >= 11 is 0. The van der Waals surface area contributed by atoms with Crippen LogP contribution in [0.5, 0.6) is 0 Å². The first-order valence-corrected chi connectivity index (χ1v) is 8.37. The van der Waals surface area contributed by atoms with Gasteiger partial charge in [-0.3, -0.25) is 0 Å². The van der Waals surface area contributed by atoms with Crippen molar-refractivity contribution < 1.29 is 13.2 Å². The molecule has 1 unspecified atom stereocenters. The zero-order chi connectivity index (χ0) is 14.1. The highest BCUT2D eigenvalue weighted by Gasteiger charge is 2.31. The lowest BCUT2D eigenvalue weighted by Gasteiger charge is -2.19. The highest BCUT2D eigenvalue weighted by atomic mass is 32.2. The van der Waals surface area contributed by atoms with Crippen molar-refractivity contribution in [3.63, 3.8) is 0 Å². The molecule has 1 fully saturated rings. The highest BCUT2D eigenvalue weighted by molar-refractivity contribution is 7.90. The van der Waals surface area contributed by atoms with Crippen LogP contribution in [0.15, 0.2) is 29.2 Å². The largest absolute Gasteiger partial charge is 0.382 e. The number of nitrogens with one attached hydrogen (secondary N) is 1. The van der Waals surface area contributed by atoms with E-state index in [4.69, 9.17) is 4.74 Å². The lowest BCUT2D eigenvalue weighted by molar-refractivity contribution is -0.00911. The van der Waals surface area contributed by atoms with E-state index in [0.717, 1.165) is 25.1 Å². The van der Waals surface area contributed by atoms with E-state index < -0.39 is 9.84 Å². The van der Waals surface area contributed by atoms with Crippen LogP contribution in [0.2, 0.25) is 0 Å². The van der Waals surface area contributed by atoms with Gasteiger partial charge < -0.3 is 10.1 Å². The Morgan fingerprint density at radius 2 is 1.95 bits per heavy atom. The van der Waals surface area contributed by atoms with Crippen molar-refractivity contribution in [2.45, 2.75) is 43.3 Å². The number of sulfone groups is 1. The Bertz CT molecular complexity index is 534. The second kappa shape index (κ2) is 5.13. The number of hydrogen-bond acceptors (Lipinski definition) is 4. The maximum absolute atomic E-state index is 11.3. The van der Waals surface area contributed by atoms with Crippen LogP contribution in [-0.2, 0) is 14.6 Å². The maximum atomic E-state index is 11.3. The minimum Gasteiger partial charge on any atom is -0.382 e. The van der Waals surface area contributed by atoms with Crippen LogP contribution in [0, 0.1) is 0 Å². The molecule has 1 atom stereocenters. The van der Waals surface area contributed by atoms with Crippen LogP contribution < -0.4 is 5.32 Å². The third-order valence-electron chi connectivity index (χ3n) is 3.37. The molecule has 106 valence electrons. The molecule has 1 N–H and O–H groups in total. The fraction of sp³-hybridized carbons (Fsp3) is 0.571. The minimum absolute atomic E-state index is 0.0213. The van der Waals surface area contributed by atoms with Gasteiger partial charge in [0.1, 0.15) is 0 Å². The van der Waals surface area contributed by atoms with Crippen molar-refractivity contribution >= 4 is 15.5 Å². The topological polar surface area (TPSA) is 55.4 Å². The van der Waals surface area contributed by atoms with E-state index in [1.807, 2.05) is 0 Å². The Morgan fingerprint density at radius 1 is 1.32 bits per heavy atom. The molecule has 0 saturated carbocycles. The van der Waals surface area contributed by atoms with Crippen LogP contribution in [0.25, 0.3) is 0 Å². The average molecular weight is 283 g/mol. The fourth-order valence-electron chi connectivity index (χ4n) is 2.27. The van der Waals surface area contributed by atoms with Gasteiger partial charge in [-0.2, -0.15) is 0 Å². The first kappa shape index (κ1) is 14.3. The van der Waals surface area contributed by atoms with E-state index >= 15 is 0 Å². The predicted octanol–water partition coefficient (Wildman–Crippen LogP) is 2.46. The molecule has 0 radical (unpaired) electrons. The van der Waals surface area contributed by atoms with E-state index in [1.54, 1.807) is 24.3 Å². The summed E-state index contributed by atoms with van der Waals surface area (Å²) < 4.78 is 28.6. The Balaban J connectivity index is 1.91. The van der Waals surface area contributed by atoms with Crippen LogP contribution in [-0.4, -0.2) is 32.9 Å². The summed E-state index contributed by atoms with van der Waals surface area (Å²) in [6.45, 7) is 4.96. The first-order chi connectivity index (χ1) is 8.76. The van der Waals surface area contributed by atoms with Gasteiger partial charge in [0, 0.05) is 18.5 Å². The number of hydrogen-bond donors (Lipinski definition) is 1. The van der Waals surface area contributed by atoms with Gasteiger partial charge in [0.05, 0.1) is 16.6 Å².